The van der Waals surface area contributed by atoms with Crippen molar-refractivity contribution in [1.82, 2.24) is 14.8 Å². The fourth-order valence-electron chi connectivity index (χ4n) is 3.99. The third kappa shape index (κ3) is 4.45. The number of carbonyl (C=O) groups excluding carboxylic acids is 1. The van der Waals surface area contributed by atoms with Gasteiger partial charge in [0.25, 0.3) is 11.6 Å². The number of fused-ring (bicyclic) bond motifs is 1. The highest BCUT2D eigenvalue weighted by molar-refractivity contribution is 5.91. The first-order valence-electron chi connectivity index (χ1n) is 10.9. The molecule has 0 saturated heterocycles. The monoisotopic (exact) mass is 436 g/mol. The van der Waals surface area contributed by atoms with Gasteiger partial charge in [-0.3, -0.25) is 19.8 Å². The van der Waals surface area contributed by atoms with E-state index >= 15 is 0 Å². The van der Waals surface area contributed by atoms with Gasteiger partial charge < -0.3 is 14.3 Å². The van der Waals surface area contributed by atoms with Gasteiger partial charge in [-0.15, -0.1) is 0 Å². The Morgan fingerprint density at radius 3 is 2.59 bits per heavy atom. The Morgan fingerprint density at radius 1 is 1.16 bits per heavy atom. The zero-order valence-corrected chi connectivity index (χ0v) is 18.5. The molecule has 1 amide bonds. The lowest BCUT2D eigenvalue weighted by molar-refractivity contribution is -0.384. The highest BCUT2D eigenvalue weighted by Gasteiger charge is 2.30. The first-order chi connectivity index (χ1) is 15.3. The molecule has 2 aromatic heterocycles. The summed E-state index contributed by atoms with van der Waals surface area (Å²) < 4.78 is 8.09. The summed E-state index contributed by atoms with van der Waals surface area (Å²) in [6.07, 6.45) is 2.05. The number of nitrogens with zero attached hydrogens (tertiary/aromatic N) is 3. The van der Waals surface area contributed by atoms with Gasteiger partial charge in [-0.05, 0) is 42.7 Å². The van der Waals surface area contributed by atoms with Crippen molar-refractivity contribution in [3.8, 4) is 0 Å². The molecule has 3 heterocycles. The summed E-state index contributed by atoms with van der Waals surface area (Å²) in [4.78, 5) is 25.4. The third-order valence-electron chi connectivity index (χ3n) is 6.16. The molecule has 1 aromatic carbocycles. The van der Waals surface area contributed by atoms with Crippen LogP contribution in [0.1, 0.15) is 54.4 Å². The Hall–Kier alpha value is -3.39. The van der Waals surface area contributed by atoms with Crippen LogP contribution in [-0.4, -0.2) is 32.9 Å². The van der Waals surface area contributed by atoms with Gasteiger partial charge in [-0.25, -0.2) is 0 Å². The van der Waals surface area contributed by atoms with Crippen LogP contribution in [0.2, 0.25) is 0 Å². The van der Waals surface area contributed by atoms with E-state index < -0.39 is 0 Å². The Labute approximate surface area is 187 Å². The highest BCUT2D eigenvalue weighted by Crippen LogP contribution is 2.34. The summed E-state index contributed by atoms with van der Waals surface area (Å²) in [5, 5.41) is 14.0. The van der Waals surface area contributed by atoms with Crippen molar-refractivity contribution in [2.24, 2.45) is 5.92 Å². The number of nitro benzene ring substituents is 1. The maximum Gasteiger partial charge on any atom is 0.287 e. The number of benzene rings is 1. The molecular formula is C24H28N4O4. The summed E-state index contributed by atoms with van der Waals surface area (Å²) >= 11 is 0. The van der Waals surface area contributed by atoms with Crippen LogP contribution in [0.25, 0.3) is 0 Å². The maximum atomic E-state index is 12.5. The van der Waals surface area contributed by atoms with Crippen LogP contribution >= 0.6 is 0 Å². The molecule has 0 saturated carbocycles. The number of furan rings is 1. The van der Waals surface area contributed by atoms with E-state index in [1.165, 1.54) is 0 Å². The quantitative estimate of drug-likeness (QED) is 0.438. The maximum absolute atomic E-state index is 12.5. The molecule has 0 radical (unpaired) electrons. The second-order valence-corrected chi connectivity index (χ2v) is 8.62. The van der Waals surface area contributed by atoms with Crippen molar-refractivity contribution >= 4 is 11.6 Å². The van der Waals surface area contributed by atoms with E-state index in [2.05, 4.69) is 40.9 Å². The van der Waals surface area contributed by atoms with Gasteiger partial charge in [0.2, 0.25) is 0 Å². The number of hydrogen-bond acceptors (Lipinski definition) is 5. The minimum Gasteiger partial charge on any atom is -0.455 e. The lowest BCUT2D eigenvalue weighted by atomic mass is 9.99. The van der Waals surface area contributed by atoms with E-state index in [-0.39, 0.29) is 28.6 Å². The molecule has 2 atom stereocenters. The Morgan fingerprint density at radius 2 is 1.91 bits per heavy atom. The zero-order valence-electron chi connectivity index (χ0n) is 18.5. The molecule has 8 nitrogen and oxygen atoms in total. The summed E-state index contributed by atoms with van der Waals surface area (Å²) in [7, 11) is 0. The van der Waals surface area contributed by atoms with Crippen LogP contribution < -0.4 is 5.32 Å². The molecule has 1 N–H and O–H groups in total. The molecule has 32 heavy (non-hydrogen) atoms. The van der Waals surface area contributed by atoms with E-state index in [0.717, 1.165) is 24.3 Å². The molecule has 0 aliphatic carbocycles. The van der Waals surface area contributed by atoms with E-state index in [0.29, 0.717) is 24.0 Å². The van der Waals surface area contributed by atoms with Crippen molar-refractivity contribution in [2.45, 2.75) is 45.9 Å². The molecule has 4 rings (SSSR count). The minimum atomic E-state index is -0.388. The minimum absolute atomic E-state index is 0.0532. The van der Waals surface area contributed by atoms with E-state index in [9.17, 15) is 14.9 Å². The number of carbonyl (C=O) groups is 1. The van der Waals surface area contributed by atoms with Gasteiger partial charge in [0.05, 0.1) is 17.5 Å². The SMILES string of the molecule is CC(C)C(C)NC(=O)c1ccc(CN2CCn3cccc3C2c2ccc([N+](=O)[O-])cc2)o1. The first-order valence-corrected chi connectivity index (χ1v) is 10.9. The number of amides is 1. The molecule has 168 valence electrons. The van der Waals surface area contributed by atoms with Crippen LogP contribution in [0.4, 0.5) is 5.69 Å². The van der Waals surface area contributed by atoms with Gasteiger partial charge in [0.1, 0.15) is 5.76 Å². The highest BCUT2D eigenvalue weighted by atomic mass is 16.6. The Bertz CT molecular complexity index is 1100. The predicted octanol–water partition coefficient (Wildman–Crippen LogP) is 4.37. The molecule has 2 unspecified atom stereocenters. The van der Waals surface area contributed by atoms with Crippen molar-refractivity contribution in [1.29, 1.82) is 0 Å². The molecule has 0 bridgehead atoms. The van der Waals surface area contributed by atoms with Gasteiger partial charge >= 0.3 is 0 Å². The molecule has 8 heteroatoms. The number of aromatic nitrogens is 1. The van der Waals surface area contributed by atoms with Crippen molar-refractivity contribution in [2.75, 3.05) is 6.54 Å². The normalized spacial score (nSPS) is 17.2. The van der Waals surface area contributed by atoms with Gasteiger partial charge in [0, 0.05) is 43.2 Å². The van der Waals surface area contributed by atoms with Gasteiger partial charge in [0.15, 0.2) is 5.76 Å². The number of hydrogen-bond donors (Lipinski definition) is 1. The van der Waals surface area contributed by atoms with Crippen molar-refractivity contribution < 1.29 is 14.1 Å². The Balaban J connectivity index is 1.55. The molecule has 3 aromatic rings. The van der Waals surface area contributed by atoms with Crippen LogP contribution in [0, 0.1) is 16.0 Å². The summed E-state index contributed by atoms with van der Waals surface area (Å²) in [6, 6.07) is 14.3. The largest absolute Gasteiger partial charge is 0.455 e. The number of nitrogens with one attached hydrogen (secondary N) is 1. The topological polar surface area (TPSA) is 93.5 Å². The summed E-state index contributed by atoms with van der Waals surface area (Å²) in [6.45, 7) is 8.25. The van der Waals surface area contributed by atoms with E-state index in [1.807, 2.05) is 31.2 Å². The van der Waals surface area contributed by atoms with Gasteiger partial charge in [-0.1, -0.05) is 26.0 Å². The smallest absolute Gasteiger partial charge is 0.287 e. The standard InChI is InChI=1S/C24H28N4O4/c1-16(2)17(3)25-24(29)22-11-10-20(32-22)15-27-14-13-26-12-4-5-21(26)23(27)18-6-8-19(9-7-18)28(30)31/h4-12,16-17,23H,13-15H2,1-3H3,(H,25,29). The summed E-state index contributed by atoms with van der Waals surface area (Å²) in [5.74, 6) is 1.14. The van der Waals surface area contributed by atoms with Crippen molar-refractivity contribution in [3.63, 3.8) is 0 Å². The zero-order chi connectivity index (χ0) is 22.8. The second kappa shape index (κ2) is 9.00. The summed E-state index contributed by atoms with van der Waals surface area (Å²) in [5.41, 5.74) is 2.18. The third-order valence-corrected chi connectivity index (χ3v) is 6.16. The van der Waals surface area contributed by atoms with Crippen LogP contribution in [-0.2, 0) is 13.1 Å². The molecule has 1 aliphatic heterocycles. The predicted molar refractivity (Wildman–Crippen MR) is 120 cm³/mol. The van der Waals surface area contributed by atoms with E-state index in [4.69, 9.17) is 4.42 Å². The fraction of sp³-hybridized carbons (Fsp3) is 0.375. The van der Waals surface area contributed by atoms with Crippen molar-refractivity contribution in [3.05, 3.63) is 87.6 Å². The first kappa shape index (κ1) is 21.8. The lowest BCUT2D eigenvalue weighted by Crippen LogP contribution is -2.37. The van der Waals surface area contributed by atoms with Gasteiger partial charge in [-0.2, -0.15) is 0 Å². The van der Waals surface area contributed by atoms with Crippen LogP contribution in [0.5, 0.6) is 0 Å². The Kier molecular flexibility index (Phi) is 6.14. The molecular weight excluding hydrogens is 408 g/mol. The molecule has 0 spiro atoms. The fourth-order valence-corrected chi connectivity index (χ4v) is 3.99. The average Bonchev–Trinajstić information content (AvgIpc) is 3.43. The number of rotatable bonds is 7. The lowest BCUT2D eigenvalue weighted by Gasteiger charge is -2.36. The van der Waals surface area contributed by atoms with E-state index in [1.54, 1.807) is 18.2 Å². The average molecular weight is 437 g/mol. The van der Waals surface area contributed by atoms with Crippen LogP contribution in [0.3, 0.4) is 0 Å². The van der Waals surface area contributed by atoms with Crippen LogP contribution in [0.15, 0.2) is 59.1 Å². The number of non-ortho nitro benzene ring substituents is 1. The molecule has 1 aliphatic rings. The second-order valence-electron chi connectivity index (χ2n) is 8.62. The molecule has 0 fully saturated rings. The number of nitro groups is 1.